The van der Waals surface area contributed by atoms with Crippen LogP contribution in [0.3, 0.4) is 0 Å². The molecule has 0 aliphatic carbocycles. The van der Waals surface area contributed by atoms with Crippen LogP contribution in [0.25, 0.3) is 0 Å². The van der Waals surface area contributed by atoms with E-state index in [1.54, 1.807) is 61.2 Å². The van der Waals surface area contributed by atoms with Gasteiger partial charge >= 0.3 is 5.97 Å². The third kappa shape index (κ3) is 6.94. The first kappa shape index (κ1) is 26.0. The Bertz CT molecular complexity index is 1020. The number of para-hydroxylation sites is 1. The highest BCUT2D eigenvalue weighted by atomic mass is 19.1. The minimum atomic E-state index is -0.903. The Kier molecular flexibility index (Phi) is 9.05. The van der Waals surface area contributed by atoms with E-state index in [-0.39, 0.29) is 17.6 Å². The van der Waals surface area contributed by atoms with Crippen LogP contribution in [0.1, 0.15) is 31.1 Å². The van der Waals surface area contributed by atoms with Gasteiger partial charge in [-0.1, -0.05) is 26.0 Å². The number of halogens is 1. The van der Waals surface area contributed by atoms with Gasteiger partial charge in [-0.05, 0) is 49.2 Å². The number of hydrogen-bond acceptors (Lipinski definition) is 6. The molecule has 2 amide bonds. The molecule has 0 unspecified atom stereocenters. The predicted octanol–water partition coefficient (Wildman–Crippen LogP) is 2.87. The summed E-state index contributed by atoms with van der Waals surface area (Å²) in [7, 11) is 0. The maximum Gasteiger partial charge on any atom is 0.329 e. The van der Waals surface area contributed by atoms with Gasteiger partial charge in [0.1, 0.15) is 17.6 Å². The highest BCUT2D eigenvalue weighted by molar-refractivity contribution is 5.97. The quantitative estimate of drug-likeness (QED) is 0.550. The predicted molar refractivity (Wildman–Crippen MR) is 130 cm³/mol. The van der Waals surface area contributed by atoms with E-state index in [4.69, 9.17) is 9.47 Å². The number of rotatable bonds is 9. The van der Waals surface area contributed by atoms with Crippen molar-refractivity contribution in [2.45, 2.75) is 26.8 Å². The highest BCUT2D eigenvalue weighted by Crippen LogP contribution is 2.20. The monoisotopic (exact) mass is 485 g/mol. The maximum atomic E-state index is 14.0. The lowest BCUT2D eigenvalue weighted by Crippen LogP contribution is -2.51. The van der Waals surface area contributed by atoms with E-state index in [0.29, 0.717) is 49.8 Å². The van der Waals surface area contributed by atoms with Crippen molar-refractivity contribution in [2.24, 2.45) is 5.92 Å². The van der Waals surface area contributed by atoms with Gasteiger partial charge < -0.3 is 24.6 Å². The molecule has 1 atom stereocenters. The van der Waals surface area contributed by atoms with Gasteiger partial charge in [-0.2, -0.15) is 0 Å². The van der Waals surface area contributed by atoms with Crippen molar-refractivity contribution in [1.29, 1.82) is 0 Å². The van der Waals surface area contributed by atoms with Gasteiger partial charge in [0.05, 0.1) is 12.3 Å². The lowest BCUT2D eigenvalue weighted by molar-refractivity contribution is -0.154. The molecule has 1 saturated heterocycles. The van der Waals surface area contributed by atoms with E-state index in [1.807, 2.05) is 11.8 Å². The summed E-state index contributed by atoms with van der Waals surface area (Å²) in [6.45, 7) is 7.30. The van der Waals surface area contributed by atoms with Crippen molar-refractivity contribution in [2.75, 3.05) is 44.3 Å². The molecular formula is C26H32FN3O5. The number of carbonyl (C=O) groups excluding carboxylic acids is 3. The molecule has 0 aromatic heterocycles. The summed E-state index contributed by atoms with van der Waals surface area (Å²) < 4.78 is 24.6. The number of esters is 1. The summed E-state index contributed by atoms with van der Waals surface area (Å²) in [5.74, 6) is -1.30. The number of anilines is 1. The van der Waals surface area contributed by atoms with Gasteiger partial charge in [0, 0.05) is 31.7 Å². The molecule has 0 saturated carbocycles. The lowest BCUT2D eigenvalue weighted by atomic mass is 10.0. The molecule has 9 heteroatoms. The van der Waals surface area contributed by atoms with E-state index >= 15 is 0 Å². The number of hydrogen-bond donors (Lipinski definition) is 1. The molecule has 1 heterocycles. The largest absolute Gasteiger partial charge is 0.494 e. The molecular weight excluding hydrogens is 453 g/mol. The zero-order valence-corrected chi connectivity index (χ0v) is 20.3. The van der Waals surface area contributed by atoms with Crippen molar-refractivity contribution >= 4 is 23.5 Å². The molecule has 2 aromatic carbocycles. The lowest BCUT2D eigenvalue weighted by Gasteiger charge is -2.36. The van der Waals surface area contributed by atoms with Crippen LogP contribution < -0.4 is 15.0 Å². The molecule has 2 aromatic rings. The number of ether oxygens (including phenoxy) is 2. The normalized spacial score (nSPS) is 14.4. The van der Waals surface area contributed by atoms with Crippen molar-refractivity contribution in [3.63, 3.8) is 0 Å². The van der Waals surface area contributed by atoms with E-state index < -0.39 is 24.5 Å². The van der Waals surface area contributed by atoms with Crippen LogP contribution in [0.2, 0.25) is 0 Å². The minimum Gasteiger partial charge on any atom is -0.494 e. The van der Waals surface area contributed by atoms with E-state index in [1.165, 1.54) is 6.07 Å². The van der Waals surface area contributed by atoms with Crippen molar-refractivity contribution < 1.29 is 28.2 Å². The van der Waals surface area contributed by atoms with Crippen LogP contribution in [-0.2, 0) is 14.3 Å². The van der Waals surface area contributed by atoms with Crippen molar-refractivity contribution in [3.05, 3.63) is 59.9 Å². The molecule has 0 bridgehead atoms. The molecule has 3 rings (SSSR count). The standard InChI is InChI=1S/C26H32FN3O5/c1-4-34-20-11-9-19(10-12-20)25(32)28-24(18(2)3)26(33)35-17-23(31)30-15-13-29(14-16-30)22-8-6-5-7-21(22)27/h5-12,18,24H,4,13-17H2,1-3H3,(H,28,32)/t24-/m0/s1. The summed E-state index contributed by atoms with van der Waals surface area (Å²) in [5, 5.41) is 2.70. The molecule has 1 N–H and O–H groups in total. The molecule has 0 spiro atoms. The van der Waals surface area contributed by atoms with E-state index in [2.05, 4.69) is 5.32 Å². The number of piperazine rings is 1. The Morgan fingerprint density at radius 1 is 1.00 bits per heavy atom. The molecule has 1 aliphatic rings. The smallest absolute Gasteiger partial charge is 0.329 e. The zero-order chi connectivity index (χ0) is 25.4. The summed E-state index contributed by atoms with van der Waals surface area (Å²) in [6, 6.07) is 12.2. The third-order valence-corrected chi connectivity index (χ3v) is 5.80. The molecule has 8 nitrogen and oxygen atoms in total. The first-order chi connectivity index (χ1) is 16.8. The fourth-order valence-electron chi connectivity index (χ4n) is 3.81. The number of nitrogens with zero attached hydrogens (tertiary/aromatic N) is 2. The molecule has 35 heavy (non-hydrogen) atoms. The zero-order valence-electron chi connectivity index (χ0n) is 20.3. The average molecular weight is 486 g/mol. The Labute approximate surface area is 205 Å². The molecule has 188 valence electrons. The van der Waals surface area contributed by atoms with E-state index in [0.717, 1.165) is 0 Å². The first-order valence-corrected chi connectivity index (χ1v) is 11.8. The number of nitrogens with one attached hydrogen (secondary N) is 1. The fourth-order valence-corrected chi connectivity index (χ4v) is 3.81. The first-order valence-electron chi connectivity index (χ1n) is 11.8. The Balaban J connectivity index is 1.49. The second kappa shape index (κ2) is 12.2. The van der Waals surface area contributed by atoms with Crippen LogP contribution in [0.15, 0.2) is 48.5 Å². The Morgan fingerprint density at radius 3 is 2.26 bits per heavy atom. The van der Waals surface area contributed by atoms with Gasteiger partial charge in [0.2, 0.25) is 0 Å². The van der Waals surface area contributed by atoms with Crippen LogP contribution in [0.5, 0.6) is 5.75 Å². The molecule has 1 fully saturated rings. The number of benzene rings is 2. The third-order valence-electron chi connectivity index (χ3n) is 5.80. The van der Waals surface area contributed by atoms with Gasteiger partial charge in [-0.25, -0.2) is 9.18 Å². The van der Waals surface area contributed by atoms with Crippen LogP contribution in [-0.4, -0.2) is 68.1 Å². The summed E-state index contributed by atoms with van der Waals surface area (Å²) in [4.78, 5) is 41.4. The topological polar surface area (TPSA) is 88.2 Å². The number of amides is 2. The van der Waals surface area contributed by atoms with Crippen LogP contribution in [0, 0.1) is 11.7 Å². The van der Waals surface area contributed by atoms with E-state index in [9.17, 15) is 18.8 Å². The van der Waals surface area contributed by atoms with Gasteiger partial charge in [-0.15, -0.1) is 0 Å². The van der Waals surface area contributed by atoms with Crippen LogP contribution in [0.4, 0.5) is 10.1 Å². The highest BCUT2D eigenvalue weighted by Gasteiger charge is 2.28. The summed E-state index contributed by atoms with van der Waals surface area (Å²) >= 11 is 0. The second-order valence-corrected chi connectivity index (χ2v) is 8.58. The van der Waals surface area contributed by atoms with Gasteiger partial charge in [0.25, 0.3) is 11.8 Å². The number of carbonyl (C=O) groups is 3. The van der Waals surface area contributed by atoms with Gasteiger partial charge in [0.15, 0.2) is 6.61 Å². The Hall–Kier alpha value is -3.62. The average Bonchev–Trinajstić information content (AvgIpc) is 2.86. The molecule has 1 aliphatic heterocycles. The maximum absolute atomic E-state index is 14.0. The second-order valence-electron chi connectivity index (χ2n) is 8.58. The van der Waals surface area contributed by atoms with Crippen LogP contribution >= 0.6 is 0 Å². The minimum absolute atomic E-state index is 0.242. The SMILES string of the molecule is CCOc1ccc(C(=O)N[C@H](C(=O)OCC(=O)N2CCN(c3ccccc3F)CC2)C(C)C)cc1. The summed E-state index contributed by atoms with van der Waals surface area (Å²) in [6.07, 6.45) is 0. The summed E-state index contributed by atoms with van der Waals surface area (Å²) in [5.41, 5.74) is 0.893. The van der Waals surface area contributed by atoms with Gasteiger partial charge in [-0.3, -0.25) is 9.59 Å². The Morgan fingerprint density at radius 2 is 1.66 bits per heavy atom. The van der Waals surface area contributed by atoms with Crippen molar-refractivity contribution in [1.82, 2.24) is 10.2 Å². The van der Waals surface area contributed by atoms with Crippen molar-refractivity contribution in [3.8, 4) is 5.75 Å². The molecule has 0 radical (unpaired) electrons. The fraction of sp³-hybridized carbons (Fsp3) is 0.423.